The van der Waals surface area contributed by atoms with Gasteiger partial charge in [-0.15, -0.1) is 0 Å². The van der Waals surface area contributed by atoms with Crippen molar-refractivity contribution >= 4 is 43.3 Å². The second-order valence-electron chi connectivity index (χ2n) is 11.5. The van der Waals surface area contributed by atoms with Crippen LogP contribution in [0.1, 0.15) is 38.3 Å². The van der Waals surface area contributed by atoms with Crippen molar-refractivity contribution in [1.82, 2.24) is 14.5 Å². The number of benzene rings is 3. The predicted octanol–water partition coefficient (Wildman–Crippen LogP) is 6.07. The molecule has 5 aromatic rings. The van der Waals surface area contributed by atoms with Gasteiger partial charge in [-0.05, 0) is 80.9 Å². The second-order valence-corrected chi connectivity index (χ2v) is 12.5. The lowest BCUT2D eigenvalue weighted by atomic mass is 9.98. The van der Waals surface area contributed by atoms with Gasteiger partial charge in [-0.3, -0.25) is 4.79 Å². The van der Waals surface area contributed by atoms with Gasteiger partial charge in [0.1, 0.15) is 17.1 Å². The quantitative estimate of drug-likeness (QED) is 0.225. The Hall–Kier alpha value is -4.40. The molecule has 1 aliphatic rings. The number of aromatic nitrogens is 2. The molecule has 3 heterocycles. The molecule has 2 aromatic heterocycles. The van der Waals surface area contributed by atoms with Crippen molar-refractivity contribution in [3.63, 3.8) is 0 Å². The molecule has 11 heteroatoms. The van der Waals surface area contributed by atoms with Crippen molar-refractivity contribution in [2.75, 3.05) is 26.7 Å². The number of fused-ring (bicyclic) bond motifs is 4. The normalized spacial score (nSPS) is 15.0. The summed E-state index contributed by atoms with van der Waals surface area (Å²) in [5, 5.41) is 11.3. The maximum atomic E-state index is 14.3. The standard InChI is InChI=1S/C32H31FN4O5S/c1-19(2)18-41-29-16-26-28(15-25(29)21-5-4-6-23(14-21)42-43(33,39)40)37(22-9-11-36(3)12-10-22)32-30(31(26)38)24-8-7-20(17-34)13-27(24)35-32/h4-8,13-16,19,22,35H,9-12,18H2,1-3H3. The van der Waals surface area contributed by atoms with Gasteiger partial charge in [0.15, 0.2) is 5.43 Å². The number of rotatable bonds is 7. The zero-order valence-electron chi connectivity index (χ0n) is 24.1. The number of hydrogen-bond donors (Lipinski definition) is 1. The minimum atomic E-state index is -5.22. The number of hydrogen-bond acceptors (Lipinski definition) is 7. The van der Waals surface area contributed by atoms with E-state index in [0.717, 1.165) is 31.3 Å². The molecule has 0 saturated carbocycles. The second kappa shape index (κ2) is 11.0. The molecule has 1 saturated heterocycles. The van der Waals surface area contributed by atoms with Gasteiger partial charge in [-0.2, -0.15) is 13.7 Å². The highest BCUT2D eigenvalue weighted by Crippen LogP contribution is 2.39. The number of nitrogens with zero attached hydrogens (tertiary/aromatic N) is 3. The van der Waals surface area contributed by atoms with Gasteiger partial charge in [-0.1, -0.05) is 35.9 Å². The van der Waals surface area contributed by atoms with Crippen LogP contribution in [0.15, 0.2) is 59.4 Å². The van der Waals surface area contributed by atoms with Crippen molar-refractivity contribution in [3.05, 3.63) is 70.4 Å². The molecule has 6 rings (SSSR count). The first-order valence-corrected chi connectivity index (χ1v) is 15.5. The monoisotopic (exact) mass is 602 g/mol. The highest BCUT2D eigenvalue weighted by atomic mass is 32.3. The third-order valence-corrected chi connectivity index (χ3v) is 8.34. The van der Waals surface area contributed by atoms with Crippen LogP contribution in [0.4, 0.5) is 3.89 Å². The summed E-state index contributed by atoms with van der Waals surface area (Å²) in [6.07, 6.45) is 1.72. The van der Waals surface area contributed by atoms with Crippen LogP contribution in [0, 0.1) is 17.2 Å². The minimum absolute atomic E-state index is 0.0759. The third kappa shape index (κ3) is 5.56. The largest absolute Gasteiger partial charge is 0.493 e. The summed E-state index contributed by atoms with van der Waals surface area (Å²) in [5.74, 6) is 0.456. The van der Waals surface area contributed by atoms with Crippen molar-refractivity contribution < 1.29 is 21.2 Å². The maximum absolute atomic E-state index is 14.3. The Bertz CT molecular complexity index is 2090. The average Bonchev–Trinajstić information content (AvgIpc) is 3.34. The molecule has 0 unspecified atom stereocenters. The zero-order chi connectivity index (χ0) is 30.5. The molecule has 9 nitrogen and oxygen atoms in total. The predicted molar refractivity (Wildman–Crippen MR) is 164 cm³/mol. The van der Waals surface area contributed by atoms with E-state index in [-0.39, 0.29) is 23.1 Å². The fraction of sp³-hybridized carbons (Fsp3) is 0.312. The average molecular weight is 603 g/mol. The van der Waals surface area contributed by atoms with Gasteiger partial charge >= 0.3 is 10.5 Å². The van der Waals surface area contributed by atoms with Crippen LogP contribution in [0.25, 0.3) is 44.0 Å². The highest BCUT2D eigenvalue weighted by molar-refractivity contribution is 7.81. The topological polar surface area (TPSA) is 117 Å². The van der Waals surface area contributed by atoms with Gasteiger partial charge in [0.05, 0.1) is 34.5 Å². The number of likely N-dealkylation sites (tertiary alicyclic amines) is 1. The van der Waals surface area contributed by atoms with Crippen LogP contribution in [-0.2, 0) is 10.5 Å². The van der Waals surface area contributed by atoms with Crippen LogP contribution < -0.4 is 14.3 Å². The van der Waals surface area contributed by atoms with E-state index in [1.165, 1.54) is 12.1 Å². The Morgan fingerprint density at radius 3 is 2.56 bits per heavy atom. The lowest BCUT2D eigenvalue weighted by Crippen LogP contribution is -2.32. The van der Waals surface area contributed by atoms with Crippen LogP contribution >= 0.6 is 0 Å². The molecule has 0 atom stereocenters. The van der Waals surface area contributed by atoms with Crippen LogP contribution in [-0.4, -0.2) is 49.6 Å². The number of H-pyrrole nitrogens is 1. The van der Waals surface area contributed by atoms with E-state index in [2.05, 4.69) is 31.8 Å². The van der Waals surface area contributed by atoms with E-state index >= 15 is 0 Å². The number of ether oxygens (including phenoxy) is 1. The summed E-state index contributed by atoms with van der Waals surface area (Å²) in [4.78, 5) is 20.0. The van der Waals surface area contributed by atoms with Crippen molar-refractivity contribution in [2.45, 2.75) is 32.7 Å². The third-order valence-electron chi connectivity index (χ3n) is 7.94. The molecular formula is C32H31FN4O5S. The van der Waals surface area contributed by atoms with Crippen LogP contribution in [0.3, 0.4) is 0 Å². The Labute approximate surface area is 248 Å². The molecule has 222 valence electrons. The Kier molecular flexibility index (Phi) is 7.36. The molecule has 0 bridgehead atoms. The number of piperidine rings is 1. The maximum Gasteiger partial charge on any atom is 0.488 e. The number of nitrogens with one attached hydrogen (secondary N) is 1. The van der Waals surface area contributed by atoms with E-state index in [1.807, 2.05) is 26.0 Å². The van der Waals surface area contributed by atoms with E-state index in [1.54, 1.807) is 30.3 Å². The van der Waals surface area contributed by atoms with Crippen molar-refractivity contribution in [1.29, 1.82) is 5.26 Å². The van der Waals surface area contributed by atoms with E-state index in [9.17, 15) is 22.4 Å². The summed E-state index contributed by atoms with van der Waals surface area (Å²) in [6.45, 7) is 6.18. The van der Waals surface area contributed by atoms with Gasteiger partial charge in [0, 0.05) is 22.5 Å². The Balaban J connectivity index is 1.68. The Morgan fingerprint density at radius 1 is 1.09 bits per heavy atom. The summed E-state index contributed by atoms with van der Waals surface area (Å²) in [6, 6.07) is 17.3. The Morgan fingerprint density at radius 2 is 1.86 bits per heavy atom. The number of halogens is 1. The zero-order valence-corrected chi connectivity index (χ0v) is 24.9. The lowest BCUT2D eigenvalue weighted by molar-refractivity contribution is 0.226. The first kappa shape index (κ1) is 28.7. The van der Waals surface area contributed by atoms with E-state index in [4.69, 9.17) is 4.74 Å². The molecule has 1 fully saturated rings. The number of nitriles is 1. The number of pyridine rings is 1. The van der Waals surface area contributed by atoms with Crippen molar-refractivity contribution in [3.8, 4) is 28.7 Å². The van der Waals surface area contributed by atoms with Crippen LogP contribution in [0.5, 0.6) is 11.5 Å². The van der Waals surface area contributed by atoms with Crippen LogP contribution in [0.2, 0.25) is 0 Å². The van der Waals surface area contributed by atoms with Gasteiger partial charge in [0.2, 0.25) is 0 Å². The SMILES string of the molecule is CC(C)COc1cc2c(=O)c3c4ccc(C#N)cc4[nH]c3n(C3CCN(C)CC3)c2cc1-c1cccc(OS(=O)(=O)F)c1. The first-order valence-electron chi connectivity index (χ1n) is 14.2. The molecule has 1 aliphatic heterocycles. The highest BCUT2D eigenvalue weighted by Gasteiger charge is 2.26. The summed E-state index contributed by atoms with van der Waals surface area (Å²) in [5.41, 5.74) is 3.56. The molecule has 0 amide bonds. The smallest absolute Gasteiger partial charge is 0.488 e. The molecule has 3 aromatic carbocycles. The fourth-order valence-corrected chi connectivity index (χ4v) is 6.27. The molecule has 1 N–H and O–H groups in total. The molecule has 0 aliphatic carbocycles. The minimum Gasteiger partial charge on any atom is -0.493 e. The molecule has 0 radical (unpaired) electrons. The first-order chi connectivity index (χ1) is 20.5. The van der Waals surface area contributed by atoms with Gasteiger partial charge in [0.25, 0.3) is 0 Å². The molecular weight excluding hydrogens is 571 g/mol. The number of aromatic amines is 1. The summed E-state index contributed by atoms with van der Waals surface area (Å²) in [7, 11) is -3.13. The van der Waals surface area contributed by atoms with Crippen molar-refractivity contribution in [2.24, 2.45) is 5.92 Å². The van der Waals surface area contributed by atoms with Gasteiger partial charge in [-0.25, -0.2) is 0 Å². The van der Waals surface area contributed by atoms with Gasteiger partial charge < -0.3 is 23.4 Å². The summed E-state index contributed by atoms with van der Waals surface area (Å²) < 4.78 is 48.8. The lowest BCUT2D eigenvalue weighted by Gasteiger charge is -2.32. The fourth-order valence-electron chi connectivity index (χ4n) is 5.93. The molecule has 0 spiro atoms. The summed E-state index contributed by atoms with van der Waals surface area (Å²) >= 11 is 0. The molecule has 43 heavy (non-hydrogen) atoms. The van der Waals surface area contributed by atoms with E-state index < -0.39 is 10.5 Å². The van der Waals surface area contributed by atoms with E-state index in [0.29, 0.717) is 56.5 Å².